The fourth-order valence-electron chi connectivity index (χ4n) is 4.16. The lowest BCUT2D eigenvalue weighted by Gasteiger charge is -2.18. The van der Waals surface area contributed by atoms with Crippen molar-refractivity contribution in [2.75, 3.05) is 52.4 Å². The third-order valence-corrected chi connectivity index (χ3v) is 6.46. The normalized spacial score (nSPS) is 12.2. The molecule has 0 aliphatic heterocycles. The number of nitrogens with one attached hydrogen (secondary N) is 3. The molecule has 36 heavy (non-hydrogen) atoms. The molecule has 0 atom stereocenters. The van der Waals surface area contributed by atoms with Crippen LogP contribution in [0.4, 0.5) is 0 Å². The van der Waals surface area contributed by atoms with E-state index < -0.39 is 5.43 Å². The van der Waals surface area contributed by atoms with Crippen LogP contribution in [-0.4, -0.2) is 83.1 Å². The van der Waals surface area contributed by atoms with Gasteiger partial charge in [0.25, 0.3) is 5.91 Å². The number of aromatic amines is 1. The molecule has 10 nitrogen and oxygen atoms in total. The second-order valence-corrected chi connectivity index (χ2v) is 8.51. The Labute approximate surface area is 210 Å². The van der Waals surface area contributed by atoms with E-state index in [1.807, 2.05) is 0 Å². The first-order valence-corrected chi connectivity index (χ1v) is 12.5. The fraction of sp³-hybridized carbons (Fsp3) is 0.462. The number of carbonyl (C=O) groups excluding carboxylic acids is 1. The van der Waals surface area contributed by atoms with Gasteiger partial charge in [0, 0.05) is 38.4 Å². The van der Waals surface area contributed by atoms with Crippen LogP contribution in [0, 0.1) is 0 Å². The van der Waals surface area contributed by atoms with Crippen molar-refractivity contribution in [3.05, 3.63) is 49.4 Å². The molecule has 1 aromatic heterocycles. The van der Waals surface area contributed by atoms with Crippen LogP contribution in [0.3, 0.4) is 0 Å². The van der Waals surface area contributed by atoms with Crippen molar-refractivity contribution in [2.24, 2.45) is 0 Å². The smallest absolute Gasteiger partial charge is 0.253 e. The zero-order chi connectivity index (χ0) is 26.2. The molecule has 0 saturated heterocycles. The zero-order valence-corrected chi connectivity index (χ0v) is 21.5. The van der Waals surface area contributed by atoms with Gasteiger partial charge in [-0.3, -0.25) is 14.4 Å². The van der Waals surface area contributed by atoms with Gasteiger partial charge in [0.05, 0.1) is 16.3 Å². The summed E-state index contributed by atoms with van der Waals surface area (Å²) in [5, 5.41) is 16.8. The summed E-state index contributed by atoms with van der Waals surface area (Å²) in [4.78, 5) is 50.2. The Kier molecular flexibility index (Phi) is 9.38. The van der Waals surface area contributed by atoms with E-state index in [0.717, 1.165) is 38.8 Å². The van der Waals surface area contributed by atoms with Crippen molar-refractivity contribution >= 4 is 34.2 Å². The summed E-state index contributed by atoms with van der Waals surface area (Å²) in [7, 11) is 0. The first-order valence-electron chi connectivity index (χ1n) is 12.5. The summed E-state index contributed by atoms with van der Waals surface area (Å²) in [5.74, 6) is -0.596. The van der Waals surface area contributed by atoms with Crippen LogP contribution < -0.4 is 26.7 Å². The van der Waals surface area contributed by atoms with Gasteiger partial charge in [0.15, 0.2) is 0 Å². The molecule has 0 saturated carbocycles. The van der Waals surface area contributed by atoms with E-state index in [2.05, 4.69) is 58.1 Å². The molecule has 3 rings (SSSR count). The van der Waals surface area contributed by atoms with E-state index in [-0.39, 0.29) is 44.7 Å². The van der Waals surface area contributed by atoms with Crippen LogP contribution in [0.2, 0.25) is 0 Å². The molecule has 194 valence electrons. The van der Waals surface area contributed by atoms with Gasteiger partial charge in [0.1, 0.15) is 22.3 Å². The van der Waals surface area contributed by atoms with Crippen LogP contribution >= 0.6 is 0 Å². The summed E-state index contributed by atoms with van der Waals surface area (Å²) in [5.41, 5.74) is -0.145. The number of likely N-dealkylation sites (N-methyl/N-ethyl adjacent to an activating group) is 2. The zero-order valence-electron chi connectivity index (χ0n) is 21.5. The summed E-state index contributed by atoms with van der Waals surface area (Å²) < 4.78 is 0. The number of hydrogen-bond donors (Lipinski definition) is 4. The maximum Gasteiger partial charge on any atom is 0.253 e. The van der Waals surface area contributed by atoms with E-state index in [4.69, 9.17) is 0 Å². The first kappa shape index (κ1) is 27.1. The third kappa shape index (κ3) is 6.00. The number of fused-ring (bicyclic) bond motifs is 2. The first-order chi connectivity index (χ1) is 17.3. The molecule has 0 bridgehead atoms. The average molecular weight is 497 g/mol. The van der Waals surface area contributed by atoms with Crippen LogP contribution in [-0.2, 0) is 0 Å². The van der Waals surface area contributed by atoms with Gasteiger partial charge in [0.2, 0.25) is 10.9 Å². The Hall–Kier alpha value is -3.50. The van der Waals surface area contributed by atoms with E-state index in [1.165, 1.54) is 12.1 Å². The fourth-order valence-corrected chi connectivity index (χ4v) is 4.16. The number of aromatic nitrogens is 2. The number of carbonyl (C=O) groups is 1. The summed E-state index contributed by atoms with van der Waals surface area (Å²) in [6.45, 7) is 14.5. The van der Waals surface area contributed by atoms with Gasteiger partial charge in [-0.1, -0.05) is 27.7 Å². The maximum absolute atomic E-state index is 12.9. The largest absolute Gasteiger partial charge is 0.507 e. The van der Waals surface area contributed by atoms with Crippen LogP contribution in [0.25, 0.3) is 28.3 Å². The monoisotopic (exact) mass is 496 g/mol. The number of hydrogen-bond acceptors (Lipinski definition) is 8. The van der Waals surface area contributed by atoms with Crippen molar-refractivity contribution in [1.29, 1.82) is 0 Å². The van der Waals surface area contributed by atoms with Crippen molar-refractivity contribution in [1.82, 2.24) is 30.4 Å². The molecule has 1 heterocycles. The third-order valence-electron chi connectivity index (χ3n) is 6.46. The molecular formula is C26H36N6O4. The number of phenolic OH excluding ortho intramolecular Hbond substituents is 1. The molecule has 0 aliphatic carbocycles. The Balaban J connectivity index is 2.02. The van der Waals surface area contributed by atoms with Gasteiger partial charge in [-0.25, -0.2) is 4.98 Å². The molecule has 1 amide bonds. The highest BCUT2D eigenvalue weighted by Gasteiger charge is 2.17. The lowest BCUT2D eigenvalue weighted by atomic mass is 10.1. The molecule has 0 fully saturated rings. The molecule has 4 N–H and O–H groups in total. The quantitative estimate of drug-likeness (QED) is 0.212. The van der Waals surface area contributed by atoms with Crippen LogP contribution in [0.1, 0.15) is 38.1 Å². The topological polar surface area (TPSA) is 131 Å². The Bertz CT molecular complexity index is 1380. The lowest BCUT2D eigenvalue weighted by molar-refractivity contribution is 0.0950. The predicted molar refractivity (Wildman–Crippen MR) is 143 cm³/mol. The Morgan fingerprint density at radius 2 is 1.58 bits per heavy atom. The molecule has 0 unspecified atom stereocenters. The minimum atomic E-state index is -0.485. The second-order valence-electron chi connectivity index (χ2n) is 8.51. The number of phenols is 1. The Morgan fingerprint density at radius 1 is 0.944 bits per heavy atom. The van der Waals surface area contributed by atoms with Gasteiger partial charge >= 0.3 is 0 Å². The molecule has 3 aromatic rings. The van der Waals surface area contributed by atoms with Gasteiger partial charge in [-0.15, -0.1) is 0 Å². The van der Waals surface area contributed by atoms with Crippen molar-refractivity contribution in [3.63, 3.8) is 0 Å². The van der Waals surface area contributed by atoms with E-state index >= 15 is 0 Å². The molecular weight excluding hydrogens is 460 g/mol. The highest BCUT2D eigenvalue weighted by atomic mass is 16.3. The van der Waals surface area contributed by atoms with E-state index in [9.17, 15) is 19.5 Å². The summed E-state index contributed by atoms with van der Waals surface area (Å²) >= 11 is 0. The summed E-state index contributed by atoms with van der Waals surface area (Å²) in [6, 6.07) is 3.84. The minimum absolute atomic E-state index is 0.0293. The molecule has 0 aliphatic rings. The highest BCUT2D eigenvalue weighted by Crippen LogP contribution is 2.15. The highest BCUT2D eigenvalue weighted by molar-refractivity contribution is 6.06. The Morgan fingerprint density at radius 3 is 2.22 bits per heavy atom. The minimum Gasteiger partial charge on any atom is -0.507 e. The average Bonchev–Trinajstić information content (AvgIpc) is 2.88. The number of amides is 1. The standard InChI is InChI=1S/C26H36N6O4/c1-5-31(6-2)13-11-27-16-18-20(34)15-21(35)25-23(18)30-24-19(33)10-9-17(22(24)29-25)26(36)28-12-14-32(7-3)8-4/h9-10,15-16,27,29,34H,5-8,11-14H2,1-4H3,(H,28,36)/b18-16-. The predicted octanol–water partition coefficient (Wildman–Crippen LogP) is 0.602. The molecule has 0 spiro atoms. The van der Waals surface area contributed by atoms with Gasteiger partial charge in [-0.2, -0.15) is 0 Å². The van der Waals surface area contributed by atoms with Gasteiger partial charge in [-0.05, 0) is 38.3 Å². The molecule has 0 radical (unpaired) electrons. The van der Waals surface area contributed by atoms with Gasteiger partial charge < -0.3 is 30.5 Å². The van der Waals surface area contributed by atoms with E-state index in [1.54, 1.807) is 6.20 Å². The lowest BCUT2D eigenvalue weighted by Crippen LogP contribution is -2.35. The van der Waals surface area contributed by atoms with Crippen molar-refractivity contribution in [2.45, 2.75) is 27.7 Å². The van der Waals surface area contributed by atoms with E-state index in [0.29, 0.717) is 24.9 Å². The number of nitrogens with zero attached hydrogens (tertiary/aromatic N) is 3. The number of aromatic hydroxyl groups is 1. The van der Waals surface area contributed by atoms with Crippen LogP contribution in [0.15, 0.2) is 27.8 Å². The maximum atomic E-state index is 12.9. The second kappa shape index (κ2) is 12.5. The summed E-state index contributed by atoms with van der Waals surface area (Å²) in [6.07, 6.45) is 1.60. The van der Waals surface area contributed by atoms with Crippen molar-refractivity contribution < 1.29 is 9.90 Å². The number of rotatable bonds is 12. The number of H-pyrrole nitrogens is 1. The van der Waals surface area contributed by atoms with Crippen molar-refractivity contribution in [3.8, 4) is 5.75 Å². The number of benzene rings is 2. The SMILES string of the molecule is CCN(CC)CCN/C=c1/c(O)cc(=O)c2[nH]c3c(C(=O)NCCN(CC)CC)ccc(=O)c3nc12. The molecule has 10 heteroatoms. The molecule has 2 aromatic carbocycles. The van der Waals surface area contributed by atoms with Crippen LogP contribution in [0.5, 0.6) is 5.75 Å².